The van der Waals surface area contributed by atoms with E-state index in [-0.39, 0.29) is 5.41 Å². The number of nitrogens with zero attached hydrogens (tertiary/aromatic N) is 5. The fourth-order valence-corrected chi connectivity index (χ4v) is 15.8. The third-order valence-corrected chi connectivity index (χ3v) is 19.9. The smallest absolute Gasteiger partial charge is 0.0561 e. The van der Waals surface area contributed by atoms with Crippen molar-refractivity contribution in [2.75, 3.05) is 0 Å². The van der Waals surface area contributed by atoms with Crippen molar-refractivity contribution in [1.82, 2.24) is 22.8 Å². The first-order valence-electron chi connectivity index (χ1n) is 32.9. The van der Waals surface area contributed by atoms with Gasteiger partial charge in [0.1, 0.15) is 0 Å². The van der Waals surface area contributed by atoms with Crippen LogP contribution < -0.4 is 0 Å². The van der Waals surface area contributed by atoms with E-state index in [1.807, 2.05) is 13.8 Å². The number of aromatic nitrogens is 5. The van der Waals surface area contributed by atoms with Gasteiger partial charge in [0.2, 0.25) is 0 Å². The lowest BCUT2D eigenvalue weighted by Crippen LogP contribution is -2.14. The SMILES string of the molecule is CC.CC1(C)c2cc3c4ccccc4n(-c4ccccc4)c3cc2-c2cc3c(cc21)c1ccccc1n3-c1ccccc1.c1ccc(-c2ccc(-n3c4ccccc4c4c5c6ccccc6n(-c6ccc7c8ccccc8n(-c8ccccc8)c7c6)c5ccc43)cc2)cc1. The zero-order chi connectivity index (χ0) is 62.8. The van der Waals surface area contributed by atoms with E-state index in [1.165, 1.54) is 154 Å². The van der Waals surface area contributed by atoms with E-state index in [2.05, 4.69) is 358 Å². The van der Waals surface area contributed by atoms with Gasteiger partial charge in [0.25, 0.3) is 0 Å². The number of rotatable bonds is 6. The van der Waals surface area contributed by atoms with Gasteiger partial charge in [-0.1, -0.05) is 222 Å². The summed E-state index contributed by atoms with van der Waals surface area (Å²) in [7, 11) is 0. The molecule has 0 atom stereocenters. The molecule has 0 spiro atoms. The lowest BCUT2D eigenvalue weighted by Gasteiger charge is -2.22. The van der Waals surface area contributed by atoms with Gasteiger partial charge in [-0.3, -0.25) is 0 Å². The lowest BCUT2D eigenvalue weighted by atomic mass is 9.81. The van der Waals surface area contributed by atoms with Crippen LogP contribution in [-0.4, -0.2) is 22.8 Å². The fraction of sp³-hybridized carbons (Fsp3) is 0.0562. The molecule has 0 saturated heterocycles. The highest BCUT2D eigenvalue weighted by molar-refractivity contribution is 6.29. The van der Waals surface area contributed by atoms with E-state index in [0.717, 1.165) is 17.1 Å². The van der Waals surface area contributed by atoms with Crippen LogP contribution in [0.4, 0.5) is 0 Å². The zero-order valence-electron chi connectivity index (χ0n) is 52.8. The van der Waals surface area contributed by atoms with Crippen LogP contribution in [0, 0.1) is 0 Å². The summed E-state index contributed by atoms with van der Waals surface area (Å²) in [4.78, 5) is 0. The molecule has 5 aromatic heterocycles. The largest absolute Gasteiger partial charge is 0.309 e. The Labute approximate surface area is 545 Å². The maximum Gasteiger partial charge on any atom is 0.0561 e. The van der Waals surface area contributed by atoms with E-state index in [9.17, 15) is 0 Å². The Kier molecular flexibility index (Phi) is 12.6. The first kappa shape index (κ1) is 55.0. The quantitative estimate of drug-likeness (QED) is 0.159. The van der Waals surface area contributed by atoms with Gasteiger partial charge in [-0.2, -0.15) is 0 Å². The summed E-state index contributed by atoms with van der Waals surface area (Å²) >= 11 is 0. The highest BCUT2D eigenvalue weighted by Gasteiger charge is 2.38. The summed E-state index contributed by atoms with van der Waals surface area (Å²) in [6, 6.07) is 117. The average Bonchev–Trinajstić information content (AvgIpc) is 1.53. The molecule has 20 rings (SSSR count). The van der Waals surface area contributed by atoms with E-state index >= 15 is 0 Å². The fourth-order valence-electron chi connectivity index (χ4n) is 15.8. The maximum atomic E-state index is 2.47. The van der Waals surface area contributed by atoms with Crippen molar-refractivity contribution in [3.63, 3.8) is 0 Å². The second-order valence-electron chi connectivity index (χ2n) is 25.2. The highest BCUT2D eigenvalue weighted by Crippen LogP contribution is 2.53. The van der Waals surface area contributed by atoms with Crippen LogP contribution in [0.3, 0.4) is 0 Å². The van der Waals surface area contributed by atoms with Gasteiger partial charge in [0.05, 0.1) is 55.2 Å². The minimum atomic E-state index is -0.112. The van der Waals surface area contributed by atoms with Gasteiger partial charge >= 0.3 is 0 Å². The first-order chi connectivity index (χ1) is 46.4. The van der Waals surface area contributed by atoms with Crippen molar-refractivity contribution in [2.45, 2.75) is 33.1 Å². The summed E-state index contributed by atoms with van der Waals surface area (Å²) in [5.41, 5.74) is 25.9. The first-order valence-corrected chi connectivity index (χ1v) is 32.9. The number of hydrogen-bond donors (Lipinski definition) is 0. The lowest BCUT2D eigenvalue weighted by molar-refractivity contribution is 0.662. The Hall–Kier alpha value is -11.9. The second-order valence-corrected chi connectivity index (χ2v) is 25.2. The van der Waals surface area contributed by atoms with E-state index in [1.54, 1.807) is 0 Å². The van der Waals surface area contributed by atoms with Crippen molar-refractivity contribution in [2.24, 2.45) is 0 Å². The monoisotopic (exact) mass is 1200 g/mol. The van der Waals surface area contributed by atoms with Crippen LogP contribution in [0.5, 0.6) is 0 Å². The summed E-state index contributed by atoms with van der Waals surface area (Å²) in [6.07, 6.45) is 0. The Morgan fingerprint density at radius 1 is 0.202 bits per heavy atom. The summed E-state index contributed by atoms with van der Waals surface area (Å²) < 4.78 is 12.1. The predicted molar refractivity (Wildman–Crippen MR) is 399 cm³/mol. The molecule has 5 nitrogen and oxygen atoms in total. The molecule has 14 aromatic carbocycles. The highest BCUT2D eigenvalue weighted by atomic mass is 15.0. The molecule has 19 aromatic rings. The number of fused-ring (bicyclic) bond motifs is 19. The molecule has 94 heavy (non-hydrogen) atoms. The molecule has 0 unspecified atom stereocenters. The molecular formula is C89H65N5. The van der Waals surface area contributed by atoms with Gasteiger partial charge < -0.3 is 22.8 Å². The standard InChI is InChI=1S/C48H31N3.C39H28N2.C2H6/c1-3-13-32(14-4-1)33-23-25-35(26-24-33)49-42-21-11-8-18-39(42)47-44(49)29-30-45-48(47)40-19-9-12-22-43(40)51(45)36-27-28-38-37-17-7-10-20-41(37)50(46(38)31-36)34-15-5-2-6-16-34;1-39(2)33-21-31-27-17-9-11-19-35(27)40(25-13-5-3-6-14-25)37(31)23-29(33)30-24-38-32(22-34(30)39)28-18-10-12-20-36(28)41(38)26-15-7-4-8-16-26;1-2/h1-31H;3-24H,1-2H3;1-2H3. The number of para-hydroxylation sites is 8. The molecule has 0 aliphatic heterocycles. The predicted octanol–water partition coefficient (Wildman–Crippen LogP) is 23.9. The average molecular weight is 1200 g/mol. The number of benzene rings is 14. The van der Waals surface area contributed by atoms with Gasteiger partial charge in [-0.05, 0) is 161 Å². The van der Waals surface area contributed by atoms with Crippen LogP contribution in [0.2, 0.25) is 0 Å². The van der Waals surface area contributed by atoms with Gasteiger partial charge in [0.15, 0.2) is 0 Å². The molecule has 5 heteroatoms. The van der Waals surface area contributed by atoms with Crippen LogP contribution in [0.15, 0.2) is 322 Å². The van der Waals surface area contributed by atoms with Gasteiger partial charge in [-0.25, -0.2) is 0 Å². The van der Waals surface area contributed by atoms with E-state index in [4.69, 9.17) is 0 Å². The van der Waals surface area contributed by atoms with Gasteiger partial charge in [0, 0.05) is 87.7 Å². The molecule has 446 valence electrons. The zero-order valence-corrected chi connectivity index (χ0v) is 52.8. The van der Waals surface area contributed by atoms with Crippen LogP contribution >= 0.6 is 0 Å². The molecule has 1 aliphatic rings. The second kappa shape index (κ2) is 21.6. The molecule has 0 fully saturated rings. The van der Waals surface area contributed by atoms with Crippen LogP contribution in [0.1, 0.15) is 38.8 Å². The van der Waals surface area contributed by atoms with Crippen molar-refractivity contribution in [1.29, 1.82) is 0 Å². The maximum absolute atomic E-state index is 2.47. The van der Waals surface area contributed by atoms with Crippen molar-refractivity contribution in [3.05, 3.63) is 333 Å². The molecule has 0 amide bonds. The van der Waals surface area contributed by atoms with Crippen molar-refractivity contribution >= 4 is 109 Å². The minimum Gasteiger partial charge on any atom is -0.309 e. The van der Waals surface area contributed by atoms with E-state index in [0.29, 0.717) is 0 Å². The Balaban J connectivity index is 0.000000138. The summed E-state index contributed by atoms with van der Waals surface area (Å²) in [5, 5.41) is 12.8. The van der Waals surface area contributed by atoms with Crippen LogP contribution in [-0.2, 0) is 5.41 Å². The molecule has 0 saturated carbocycles. The van der Waals surface area contributed by atoms with Crippen LogP contribution in [0.25, 0.3) is 160 Å². The Morgan fingerprint density at radius 2 is 0.489 bits per heavy atom. The minimum absolute atomic E-state index is 0.112. The Bertz CT molecular complexity index is 6010. The molecule has 0 N–H and O–H groups in total. The molecule has 0 bridgehead atoms. The normalized spacial score (nSPS) is 12.6. The summed E-state index contributed by atoms with van der Waals surface area (Å²) in [5.74, 6) is 0. The Morgan fingerprint density at radius 3 is 0.915 bits per heavy atom. The molecule has 1 aliphatic carbocycles. The topological polar surface area (TPSA) is 24.6 Å². The molecule has 5 heterocycles. The van der Waals surface area contributed by atoms with Crippen molar-refractivity contribution < 1.29 is 0 Å². The third-order valence-electron chi connectivity index (χ3n) is 19.9. The van der Waals surface area contributed by atoms with Crippen molar-refractivity contribution in [3.8, 4) is 50.7 Å². The van der Waals surface area contributed by atoms with Gasteiger partial charge in [-0.15, -0.1) is 0 Å². The molecule has 0 radical (unpaired) electrons. The third kappa shape index (κ3) is 8.20. The van der Waals surface area contributed by atoms with E-state index < -0.39 is 0 Å². The summed E-state index contributed by atoms with van der Waals surface area (Å²) in [6.45, 7) is 8.78. The molecular weight excluding hydrogens is 1140 g/mol. The number of hydrogen-bond acceptors (Lipinski definition) is 0.